The van der Waals surface area contributed by atoms with Gasteiger partial charge in [0.2, 0.25) is 5.91 Å². The van der Waals surface area contributed by atoms with E-state index < -0.39 is 6.03 Å². The van der Waals surface area contributed by atoms with Gasteiger partial charge in [0.1, 0.15) is 0 Å². The zero-order valence-corrected chi connectivity index (χ0v) is 8.09. The fourth-order valence-electron chi connectivity index (χ4n) is 0.706. The summed E-state index contributed by atoms with van der Waals surface area (Å²) >= 11 is 0. The predicted octanol–water partition coefficient (Wildman–Crippen LogP) is -0.183. The third-order valence-electron chi connectivity index (χ3n) is 1.36. The molecular formula is C8H17N3O2. The first-order chi connectivity index (χ1) is 6.02. The van der Waals surface area contributed by atoms with Crippen molar-refractivity contribution < 1.29 is 9.59 Å². The van der Waals surface area contributed by atoms with E-state index >= 15 is 0 Å². The van der Waals surface area contributed by atoms with Crippen LogP contribution in [0.4, 0.5) is 4.79 Å². The van der Waals surface area contributed by atoms with Gasteiger partial charge in [0.15, 0.2) is 0 Å². The van der Waals surface area contributed by atoms with Gasteiger partial charge in [-0.1, -0.05) is 13.8 Å². The Labute approximate surface area is 78.1 Å². The third-order valence-corrected chi connectivity index (χ3v) is 1.36. The van der Waals surface area contributed by atoms with Crippen LogP contribution in [0.2, 0.25) is 0 Å². The van der Waals surface area contributed by atoms with Crippen LogP contribution in [0.15, 0.2) is 0 Å². The average Bonchev–Trinajstić information content (AvgIpc) is 2.00. The molecule has 0 aliphatic heterocycles. The maximum atomic E-state index is 11.0. The summed E-state index contributed by atoms with van der Waals surface area (Å²) in [6, 6.07) is -0.600. The highest BCUT2D eigenvalue weighted by atomic mass is 16.2. The maximum Gasteiger partial charge on any atom is 0.312 e. The van der Waals surface area contributed by atoms with Crippen molar-refractivity contribution >= 4 is 11.9 Å². The molecule has 5 nitrogen and oxygen atoms in total. The summed E-state index contributed by atoms with van der Waals surface area (Å²) in [6.07, 6.45) is 0.273. The van der Waals surface area contributed by atoms with Crippen molar-refractivity contribution in [1.82, 2.24) is 10.6 Å². The topological polar surface area (TPSA) is 84.2 Å². The first-order valence-electron chi connectivity index (χ1n) is 4.32. The molecule has 0 heterocycles. The Morgan fingerprint density at radius 3 is 2.38 bits per heavy atom. The van der Waals surface area contributed by atoms with Gasteiger partial charge in [-0.05, 0) is 5.92 Å². The highest BCUT2D eigenvalue weighted by Crippen LogP contribution is 1.87. The number of primary amides is 1. The molecule has 0 aliphatic carbocycles. The van der Waals surface area contributed by atoms with Crippen LogP contribution in [-0.2, 0) is 4.79 Å². The lowest BCUT2D eigenvalue weighted by molar-refractivity contribution is -0.121. The smallest absolute Gasteiger partial charge is 0.312 e. The van der Waals surface area contributed by atoms with E-state index in [0.717, 1.165) is 0 Å². The van der Waals surface area contributed by atoms with Crippen molar-refractivity contribution in [2.45, 2.75) is 20.3 Å². The van der Waals surface area contributed by atoms with Gasteiger partial charge in [-0.3, -0.25) is 4.79 Å². The van der Waals surface area contributed by atoms with E-state index in [2.05, 4.69) is 10.6 Å². The minimum Gasteiger partial charge on any atom is -0.356 e. The molecule has 0 aliphatic rings. The number of nitrogens with two attached hydrogens (primary N) is 1. The Morgan fingerprint density at radius 2 is 1.92 bits per heavy atom. The molecule has 0 saturated heterocycles. The van der Waals surface area contributed by atoms with Crippen LogP contribution >= 0.6 is 0 Å². The number of nitrogens with one attached hydrogen (secondary N) is 2. The zero-order valence-electron chi connectivity index (χ0n) is 8.09. The Hall–Kier alpha value is -1.26. The molecule has 0 unspecified atom stereocenters. The normalized spacial score (nSPS) is 9.77. The summed E-state index contributed by atoms with van der Waals surface area (Å²) < 4.78 is 0. The second-order valence-corrected chi connectivity index (χ2v) is 3.24. The van der Waals surface area contributed by atoms with Gasteiger partial charge in [0.25, 0.3) is 0 Å². The van der Waals surface area contributed by atoms with Crippen LogP contribution in [0, 0.1) is 5.92 Å². The van der Waals surface area contributed by atoms with Crippen LogP contribution in [0.1, 0.15) is 20.3 Å². The predicted molar refractivity (Wildman–Crippen MR) is 50.1 cm³/mol. The van der Waals surface area contributed by atoms with Crippen LogP contribution < -0.4 is 16.4 Å². The lowest BCUT2D eigenvalue weighted by Gasteiger charge is -2.07. The van der Waals surface area contributed by atoms with E-state index in [1.807, 2.05) is 13.8 Å². The lowest BCUT2D eigenvalue weighted by Crippen LogP contribution is -2.34. The van der Waals surface area contributed by atoms with Gasteiger partial charge in [-0.25, -0.2) is 4.79 Å². The minimum absolute atomic E-state index is 0.0672. The summed E-state index contributed by atoms with van der Waals surface area (Å²) in [7, 11) is 0. The van der Waals surface area contributed by atoms with Gasteiger partial charge in [-0.15, -0.1) is 0 Å². The van der Waals surface area contributed by atoms with Gasteiger partial charge < -0.3 is 16.4 Å². The van der Waals surface area contributed by atoms with Crippen LogP contribution in [0.5, 0.6) is 0 Å². The molecule has 0 bridgehead atoms. The van der Waals surface area contributed by atoms with Crippen molar-refractivity contribution in [3.63, 3.8) is 0 Å². The van der Waals surface area contributed by atoms with E-state index in [9.17, 15) is 9.59 Å². The van der Waals surface area contributed by atoms with Crippen molar-refractivity contribution in [2.24, 2.45) is 11.7 Å². The van der Waals surface area contributed by atoms with Gasteiger partial charge >= 0.3 is 6.03 Å². The van der Waals surface area contributed by atoms with Crippen molar-refractivity contribution in [3.8, 4) is 0 Å². The van der Waals surface area contributed by atoms with Crippen molar-refractivity contribution in [2.75, 3.05) is 13.1 Å². The summed E-state index contributed by atoms with van der Waals surface area (Å²) in [5, 5.41) is 5.07. The lowest BCUT2D eigenvalue weighted by atomic mass is 10.2. The molecule has 0 saturated carbocycles. The molecule has 0 aromatic carbocycles. The number of rotatable bonds is 5. The van der Waals surface area contributed by atoms with E-state index in [4.69, 9.17) is 5.73 Å². The molecule has 0 fully saturated rings. The van der Waals surface area contributed by atoms with E-state index in [0.29, 0.717) is 19.0 Å². The number of amides is 3. The molecule has 0 rings (SSSR count). The zero-order chi connectivity index (χ0) is 10.3. The van der Waals surface area contributed by atoms with E-state index in [1.165, 1.54) is 0 Å². The van der Waals surface area contributed by atoms with E-state index in [1.54, 1.807) is 0 Å². The number of hydrogen-bond donors (Lipinski definition) is 3. The second-order valence-electron chi connectivity index (χ2n) is 3.24. The fourth-order valence-corrected chi connectivity index (χ4v) is 0.706. The molecule has 0 aromatic rings. The number of urea groups is 1. The molecule has 4 N–H and O–H groups in total. The monoisotopic (exact) mass is 187 g/mol. The quantitative estimate of drug-likeness (QED) is 0.557. The first kappa shape index (κ1) is 11.7. The molecule has 0 aromatic heterocycles. The van der Waals surface area contributed by atoms with Crippen LogP contribution in [-0.4, -0.2) is 25.0 Å². The van der Waals surface area contributed by atoms with Crippen molar-refractivity contribution in [3.05, 3.63) is 0 Å². The highest BCUT2D eigenvalue weighted by Gasteiger charge is 2.01. The Morgan fingerprint density at radius 1 is 1.31 bits per heavy atom. The minimum atomic E-state index is -0.600. The molecule has 76 valence electrons. The summed E-state index contributed by atoms with van der Waals surface area (Å²) in [6.45, 7) is 4.98. The SMILES string of the molecule is CC(C)CNC(=O)CCNC(N)=O. The molecule has 0 atom stereocenters. The number of carbonyl (C=O) groups excluding carboxylic acids is 2. The van der Waals surface area contributed by atoms with Gasteiger partial charge in [0, 0.05) is 19.5 Å². The van der Waals surface area contributed by atoms with Gasteiger partial charge in [-0.2, -0.15) is 0 Å². The molecule has 5 heteroatoms. The van der Waals surface area contributed by atoms with Crippen molar-refractivity contribution in [1.29, 1.82) is 0 Å². The van der Waals surface area contributed by atoms with Crippen LogP contribution in [0.25, 0.3) is 0 Å². The first-order valence-corrected chi connectivity index (χ1v) is 4.32. The number of hydrogen-bond acceptors (Lipinski definition) is 2. The van der Waals surface area contributed by atoms with Crippen LogP contribution in [0.3, 0.4) is 0 Å². The highest BCUT2D eigenvalue weighted by molar-refractivity contribution is 5.77. The molecule has 0 spiro atoms. The molecule has 13 heavy (non-hydrogen) atoms. The molecule has 3 amide bonds. The Balaban J connectivity index is 3.35. The third kappa shape index (κ3) is 8.65. The summed E-state index contributed by atoms with van der Waals surface area (Å²) in [5.74, 6) is 0.371. The standard InChI is InChI=1S/C8H17N3O2/c1-6(2)5-11-7(12)3-4-10-8(9)13/h6H,3-5H2,1-2H3,(H,11,12)(H3,9,10,13). The second kappa shape index (κ2) is 6.28. The molecular weight excluding hydrogens is 170 g/mol. The Bertz CT molecular complexity index is 180. The number of carbonyl (C=O) groups is 2. The average molecular weight is 187 g/mol. The summed E-state index contributed by atoms with van der Waals surface area (Å²) in [4.78, 5) is 21.3. The van der Waals surface area contributed by atoms with E-state index in [-0.39, 0.29) is 12.3 Å². The summed E-state index contributed by atoms with van der Waals surface area (Å²) in [5.41, 5.74) is 4.82. The van der Waals surface area contributed by atoms with Gasteiger partial charge in [0.05, 0.1) is 0 Å². The fraction of sp³-hybridized carbons (Fsp3) is 0.750. The largest absolute Gasteiger partial charge is 0.356 e. The maximum absolute atomic E-state index is 11.0. The molecule has 0 radical (unpaired) electrons. The Kier molecular flexibility index (Phi) is 5.67.